The minimum absolute atomic E-state index is 0.0296. The van der Waals surface area contributed by atoms with Gasteiger partial charge in [-0.15, -0.1) is 6.58 Å². The summed E-state index contributed by atoms with van der Waals surface area (Å²) in [6, 6.07) is 6.24. The van der Waals surface area contributed by atoms with Gasteiger partial charge in [0.25, 0.3) is 0 Å². The summed E-state index contributed by atoms with van der Waals surface area (Å²) in [6.07, 6.45) is -6.87. The number of carbonyl (C=O) groups is 2. The second-order valence-corrected chi connectivity index (χ2v) is 10.0. The van der Waals surface area contributed by atoms with E-state index in [4.69, 9.17) is 23.7 Å². The third kappa shape index (κ3) is 3.07. The highest BCUT2D eigenvalue weighted by Crippen LogP contribution is 2.69. The van der Waals surface area contributed by atoms with Crippen molar-refractivity contribution in [3.05, 3.63) is 42.5 Å². The lowest BCUT2D eigenvalue weighted by atomic mass is 9.41. The fourth-order valence-electron chi connectivity index (χ4n) is 6.90. The van der Waals surface area contributed by atoms with Gasteiger partial charge in [-0.05, 0) is 30.0 Å². The molecular formula is C25H28O11. The molecule has 0 aromatic heterocycles. The number of hydrogen-bond acceptors (Lipinski definition) is 11. The number of aliphatic hydroxyl groups is 3. The van der Waals surface area contributed by atoms with E-state index < -0.39 is 84.8 Å². The van der Waals surface area contributed by atoms with Crippen LogP contribution in [-0.2, 0) is 33.3 Å². The molecule has 4 N–H and O–H groups in total. The van der Waals surface area contributed by atoms with Crippen LogP contribution in [0.15, 0.2) is 36.9 Å². The number of esters is 2. The van der Waals surface area contributed by atoms with Crippen LogP contribution in [0.5, 0.6) is 5.75 Å². The number of carbonyl (C=O) groups excluding carboxylic acids is 2. The zero-order valence-electron chi connectivity index (χ0n) is 19.2. The molecule has 0 radical (unpaired) electrons. The van der Waals surface area contributed by atoms with Crippen molar-refractivity contribution in [2.45, 2.75) is 55.4 Å². The molecule has 11 nitrogen and oxygen atoms in total. The van der Waals surface area contributed by atoms with Crippen molar-refractivity contribution in [3.63, 3.8) is 0 Å². The molecule has 1 saturated carbocycles. The molecule has 194 valence electrons. The van der Waals surface area contributed by atoms with E-state index in [2.05, 4.69) is 6.58 Å². The summed E-state index contributed by atoms with van der Waals surface area (Å²) < 4.78 is 29.3. The number of aliphatic hydroxyl groups excluding tert-OH is 3. The maximum Gasteiger partial charge on any atom is 0.315 e. The van der Waals surface area contributed by atoms with E-state index in [0.29, 0.717) is 12.0 Å². The normalized spacial score (nSPS) is 47.5. The highest BCUT2D eigenvalue weighted by Gasteiger charge is 2.78. The molecule has 5 aliphatic rings. The van der Waals surface area contributed by atoms with Crippen LogP contribution in [0.25, 0.3) is 0 Å². The van der Waals surface area contributed by atoms with Crippen molar-refractivity contribution in [1.82, 2.24) is 0 Å². The molecule has 6 rings (SSSR count). The first kappa shape index (κ1) is 23.8. The quantitative estimate of drug-likeness (QED) is 0.312. The van der Waals surface area contributed by atoms with Crippen LogP contribution < -0.4 is 0 Å². The van der Waals surface area contributed by atoms with E-state index in [1.807, 2.05) is 0 Å². The summed E-state index contributed by atoms with van der Waals surface area (Å²) in [6.45, 7) is 3.54. The maximum atomic E-state index is 13.6. The van der Waals surface area contributed by atoms with Crippen LogP contribution in [-0.4, -0.2) is 88.7 Å². The Labute approximate surface area is 206 Å². The van der Waals surface area contributed by atoms with Crippen LogP contribution in [0.3, 0.4) is 0 Å². The lowest BCUT2D eigenvalue weighted by Crippen LogP contribution is -2.75. The zero-order valence-corrected chi connectivity index (χ0v) is 19.2. The minimum atomic E-state index is -1.60. The molecule has 5 fully saturated rings. The second kappa shape index (κ2) is 8.51. The van der Waals surface area contributed by atoms with E-state index in [0.717, 1.165) is 0 Å². The number of rotatable bonds is 3. The number of hydrogen-bond donors (Lipinski definition) is 4. The molecule has 11 heteroatoms. The molecule has 1 unspecified atom stereocenters. The highest BCUT2D eigenvalue weighted by molar-refractivity contribution is 5.89. The summed E-state index contributed by atoms with van der Waals surface area (Å²) in [7, 11) is 0. The number of cyclic esters (lactones) is 1. The van der Waals surface area contributed by atoms with Crippen LogP contribution in [0, 0.1) is 23.2 Å². The molecule has 1 aromatic carbocycles. The number of phenols is 1. The Hall–Kier alpha value is -2.54. The molecule has 4 aliphatic heterocycles. The summed E-state index contributed by atoms with van der Waals surface area (Å²) in [4.78, 5) is 27.1. The van der Waals surface area contributed by atoms with E-state index in [9.17, 15) is 30.0 Å². The topological polar surface area (TPSA) is 161 Å². The van der Waals surface area contributed by atoms with Gasteiger partial charge >= 0.3 is 11.9 Å². The van der Waals surface area contributed by atoms with Gasteiger partial charge in [-0.3, -0.25) is 9.59 Å². The van der Waals surface area contributed by atoms with E-state index >= 15 is 0 Å². The standard InChI is InChI=1S/C25H28O11/c1-2-12-13-7-8-32-24(31)25(13)16(10-3-5-11(27)6-4-10)15-20(25)35-22(12)36-23-19(34-21(15)30)18(29)17(28)14(9-26)33-23/h2-6,12-20,22-23,26-29H,1,7-9H2/t12-,13+,14-,15-,16-,17-,18+,19-,20-,22+,23+,25?/m1/s1. The lowest BCUT2D eigenvalue weighted by molar-refractivity contribution is -0.376. The number of ether oxygens (including phenoxy) is 5. The van der Waals surface area contributed by atoms with Crippen molar-refractivity contribution in [1.29, 1.82) is 0 Å². The summed E-state index contributed by atoms with van der Waals surface area (Å²) in [5, 5.41) is 40.6. The monoisotopic (exact) mass is 504 g/mol. The van der Waals surface area contributed by atoms with Gasteiger partial charge in [-0.1, -0.05) is 18.2 Å². The van der Waals surface area contributed by atoms with Crippen LogP contribution in [0.2, 0.25) is 0 Å². The van der Waals surface area contributed by atoms with Crippen molar-refractivity contribution in [3.8, 4) is 5.75 Å². The predicted octanol–water partition coefficient (Wildman–Crippen LogP) is -0.437. The van der Waals surface area contributed by atoms with E-state index in [1.165, 1.54) is 12.1 Å². The van der Waals surface area contributed by atoms with E-state index in [1.54, 1.807) is 18.2 Å². The average Bonchev–Trinajstić information content (AvgIpc) is 2.88. The van der Waals surface area contributed by atoms with E-state index in [-0.39, 0.29) is 18.3 Å². The lowest BCUT2D eigenvalue weighted by Gasteiger charge is -2.66. The molecule has 1 aromatic rings. The van der Waals surface area contributed by atoms with Crippen LogP contribution in [0.4, 0.5) is 0 Å². The van der Waals surface area contributed by atoms with Crippen molar-refractivity contribution < 1.29 is 53.7 Å². The van der Waals surface area contributed by atoms with Crippen molar-refractivity contribution in [2.24, 2.45) is 23.2 Å². The first-order valence-corrected chi connectivity index (χ1v) is 12.1. The van der Waals surface area contributed by atoms with Gasteiger partial charge in [0.05, 0.1) is 25.2 Å². The van der Waals surface area contributed by atoms with Gasteiger partial charge in [-0.2, -0.15) is 0 Å². The fraction of sp³-hybridized carbons (Fsp3) is 0.600. The van der Waals surface area contributed by atoms with Crippen LogP contribution >= 0.6 is 0 Å². The number of phenolic OH excluding ortho intramolecular Hbond substituents is 1. The summed E-state index contributed by atoms with van der Waals surface area (Å²) in [5.41, 5.74) is -0.600. The number of benzene rings is 1. The Morgan fingerprint density at radius 3 is 2.50 bits per heavy atom. The molecular weight excluding hydrogens is 476 g/mol. The number of fused-ring (bicyclic) bond motifs is 2. The van der Waals surface area contributed by atoms with Gasteiger partial charge in [0.1, 0.15) is 29.5 Å². The smallest absolute Gasteiger partial charge is 0.315 e. The Morgan fingerprint density at radius 2 is 1.81 bits per heavy atom. The van der Waals surface area contributed by atoms with Crippen molar-refractivity contribution in [2.75, 3.05) is 13.2 Å². The van der Waals surface area contributed by atoms with Crippen LogP contribution in [0.1, 0.15) is 17.9 Å². The van der Waals surface area contributed by atoms with Gasteiger partial charge in [0.2, 0.25) is 6.29 Å². The summed E-state index contributed by atoms with van der Waals surface area (Å²) in [5.74, 6) is -3.74. The van der Waals surface area contributed by atoms with Gasteiger partial charge < -0.3 is 44.1 Å². The maximum absolute atomic E-state index is 13.6. The molecule has 4 heterocycles. The average molecular weight is 504 g/mol. The molecule has 2 bridgehead atoms. The first-order chi connectivity index (χ1) is 17.3. The second-order valence-electron chi connectivity index (χ2n) is 10.0. The molecule has 12 atom stereocenters. The third-order valence-electron chi connectivity index (χ3n) is 8.50. The van der Waals surface area contributed by atoms with Gasteiger partial charge in [0.15, 0.2) is 12.4 Å². The largest absolute Gasteiger partial charge is 0.508 e. The Balaban J connectivity index is 1.49. The predicted molar refractivity (Wildman–Crippen MR) is 117 cm³/mol. The summed E-state index contributed by atoms with van der Waals surface area (Å²) >= 11 is 0. The molecule has 1 aliphatic carbocycles. The van der Waals surface area contributed by atoms with Gasteiger partial charge in [0, 0.05) is 11.8 Å². The third-order valence-corrected chi connectivity index (χ3v) is 8.50. The Bertz CT molecular complexity index is 1060. The van der Waals surface area contributed by atoms with Gasteiger partial charge in [-0.25, -0.2) is 0 Å². The zero-order chi connectivity index (χ0) is 25.4. The Kier molecular flexibility index (Phi) is 5.63. The molecule has 1 spiro atoms. The molecule has 36 heavy (non-hydrogen) atoms. The SMILES string of the molecule is C=C[C@H]1[C@@H]2O[C@@H]3O[C@H](CO)[C@@H](O)[C@H](O)[C@H]3OC(=O)[C@H]3[C@@H](O2)C2(C(=O)OCC[C@@H]12)[C@@H]3c1ccc(O)cc1. The number of aromatic hydroxyl groups is 1. The van der Waals surface area contributed by atoms with Crippen molar-refractivity contribution >= 4 is 11.9 Å². The Morgan fingerprint density at radius 1 is 1.06 bits per heavy atom. The minimum Gasteiger partial charge on any atom is -0.508 e. The highest BCUT2D eigenvalue weighted by atomic mass is 16.8. The first-order valence-electron chi connectivity index (χ1n) is 12.1. The molecule has 0 amide bonds. The molecule has 4 saturated heterocycles. The fourth-order valence-corrected chi connectivity index (χ4v) is 6.90.